The van der Waals surface area contributed by atoms with Gasteiger partial charge in [0.1, 0.15) is 28.7 Å². The number of nitrogens with zero attached hydrogens (tertiary/aromatic N) is 3. The van der Waals surface area contributed by atoms with Crippen LogP contribution in [-0.4, -0.2) is 28.5 Å². The Morgan fingerprint density at radius 2 is 1.97 bits per heavy atom. The standard InChI is InChI=1S/C26H26BrFN4O3/c1-2-34-25-23(27)24(18-8-9-19(15-29)22(28)14-18)31-32(25)21-12-10-20(11-13-21)30-26(33)35-16-17-6-4-3-5-7-17/h3-9,14,20-21H,2,10-13,16H2,1H3,(H,30,33). The van der Waals surface area contributed by atoms with Crippen LogP contribution >= 0.6 is 15.9 Å². The van der Waals surface area contributed by atoms with Crippen LogP contribution in [-0.2, 0) is 11.3 Å². The van der Waals surface area contributed by atoms with Gasteiger partial charge in [-0.1, -0.05) is 36.4 Å². The maximum absolute atomic E-state index is 14.2. The summed E-state index contributed by atoms with van der Waals surface area (Å²) in [6.45, 7) is 2.59. The molecule has 0 unspecified atom stereocenters. The molecule has 0 bridgehead atoms. The molecule has 0 saturated heterocycles. The molecule has 2 aromatic carbocycles. The second kappa shape index (κ2) is 11.4. The first-order valence-corrected chi connectivity index (χ1v) is 12.4. The van der Waals surface area contributed by atoms with Crippen molar-refractivity contribution in [3.8, 4) is 23.2 Å². The minimum atomic E-state index is -0.588. The van der Waals surface area contributed by atoms with Crippen LogP contribution in [0, 0.1) is 17.1 Å². The van der Waals surface area contributed by atoms with Gasteiger partial charge in [-0.2, -0.15) is 10.4 Å². The third kappa shape index (κ3) is 5.82. The summed E-state index contributed by atoms with van der Waals surface area (Å²) in [7, 11) is 0. The van der Waals surface area contributed by atoms with Crippen molar-refractivity contribution in [2.45, 2.75) is 51.3 Å². The SMILES string of the molecule is CCOc1c(Br)c(-c2ccc(C#N)c(F)c2)nn1C1CCC(NC(=O)OCc2ccccc2)CC1. The lowest BCUT2D eigenvalue weighted by Gasteiger charge is -2.29. The predicted octanol–water partition coefficient (Wildman–Crippen LogP) is 6.13. The second-order valence-corrected chi connectivity index (χ2v) is 9.16. The zero-order valence-corrected chi connectivity index (χ0v) is 20.9. The van der Waals surface area contributed by atoms with Crippen molar-refractivity contribution in [1.82, 2.24) is 15.1 Å². The fourth-order valence-electron chi connectivity index (χ4n) is 4.25. The van der Waals surface area contributed by atoms with Gasteiger partial charge >= 0.3 is 6.09 Å². The Kier molecular flexibility index (Phi) is 8.03. The maximum atomic E-state index is 14.2. The summed E-state index contributed by atoms with van der Waals surface area (Å²) in [5.74, 6) is 0.00101. The quantitative estimate of drug-likeness (QED) is 0.389. The van der Waals surface area contributed by atoms with Crippen LogP contribution in [0.15, 0.2) is 53.0 Å². The fraction of sp³-hybridized carbons (Fsp3) is 0.346. The van der Waals surface area contributed by atoms with E-state index in [4.69, 9.17) is 19.8 Å². The molecule has 1 fully saturated rings. The lowest BCUT2D eigenvalue weighted by molar-refractivity contribution is 0.130. The Morgan fingerprint density at radius 3 is 2.63 bits per heavy atom. The van der Waals surface area contributed by atoms with E-state index in [1.165, 1.54) is 12.1 Å². The van der Waals surface area contributed by atoms with Crippen molar-refractivity contribution in [3.63, 3.8) is 0 Å². The van der Waals surface area contributed by atoms with Gasteiger partial charge < -0.3 is 14.8 Å². The highest BCUT2D eigenvalue weighted by Gasteiger charge is 2.29. The van der Waals surface area contributed by atoms with Crippen LogP contribution in [0.25, 0.3) is 11.3 Å². The minimum absolute atomic E-state index is 0.0116. The number of hydrogen-bond acceptors (Lipinski definition) is 5. The summed E-state index contributed by atoms with van der Waals surface area (Å²) >= 11 is 3.58. The van der Waals surface area contributed by atoms with E-state index < -0.39 is 11.9 Å². The first-order valence-electron chi connectivity index (χ1n) is 11.6. The number of aromatic nitrogens is 2. The summed E-state index contributed by atoms with van der Waals surface area (Å²) in [5.41, 5.74) is 2.05. The number of hydrogen-bond donors (Lipinski definition) is 1. The molecule has 0 radical (unpaired) electrons. The van der Waals surface area contributed by atoms with E-state index in [1.54, 1.807) is 6.07 Å². The minimum Gasteiger partial charge on any atom is -0.477 e. The first-order chi connectivity index (χ1) is 17.0. The van der Waals surface area contributed by atoms with Gasteiger partial charge in [0.25, 0.3) is 0 Å². The molecule has 0 atom stereocenters. The molecule has 182 valence electrons. The highest BCUT2D eigenvalue weighted by atomic mass is 79.9. The molecule has 1 aliphatic carbocycles. The molecule has 1 N–H and O–H groups in total. The van der Waals surface area contributed by atoms with Crippen LogP contribution in [0.2, 0.25) is 0 Å². The molecule has 3 aromatic rings. The molecule has 1 amide bonds. The van der Waals surface area contributed by atoms with Crippen LogP contribution < -0.4 is 10.1 Å². The summed E-state index contributed by atoms with van der Waals surface area (Å²) in [5, 5.41) is 16.7. The van der Waals surface area contributed by atoms with Crippen molar-refractivity contribution < 1.29 is 18.7 Å². The first kappa shape index (κ1) is 24.7. The lowest BCUT2D eigenvalue weighted by Crippen LogP contribution is -2.38. The van der Waals surface area contributed by atoms with Crippen LogP contribution in [0.1, 0.15) is 49.8 Å². The normalized spacial score (nSPS) is 17.4. The Balaban J connectivity index is 1.41. The van der Waals surface area contributed by atoms with Crippen molar-refractivity contribution in [1.29, 1.82) is 5.26 Å². The number of nitriles is 1. The maximum Gasteiger partial charge on any atom is 0.407 e. The third-order valence-corrected chi connectivity index (χ3v) is 6.75. The van der Waals surface area contributed by atoms with E-state index in [0.717, 1.165) is 31.2 Å². The molecular weight excluding hydrogens is 515 g/mol. The van der Waals surface area contributed by atoms with Crippen LogP contribution in [0.4, 0.5) is 9.18 Å². The lowest BCUT2D eigenvalue weighted by atomic mass is 9.91. The van der Waals surface area contributed by atoms with E-state index in [1.807, 2.05) is 48.0 Å². The van der Waals surface area contributed by atoms with Crippen LogP contribution in [0.3, 0.4) is 0 Å². The zero-order chi connectivity index (χ0) is 24.8. The van der Waals surface area contributed by atoms with Crippen molar-refractivity contribution in [2.24, 2.45) is 0 Å². The van der Waals surface area contributed by atoms with Crippen molar-refractivity contribution in [3.05, 3.63) is 69.9 Å². The van der Waals surface area contributed by atoms with Gasteiger partial charge in [-0.3, -0.25) is 0 Å². The van der Waals surface area contributed by atoms with E-state index in [-0.39, 0.29) is 24.3 Å². The van der Waals surface area contributed by atoms with Gasteiger partial charge in [0, 0.05) is 11.6 Å². The Hall–Kier alpha value is -3.38. The second-order valence-electron chi connectivity index (χ2n) is 8.36. The smallest absolute Gasteiger partial charge is 0.407 e. The van der Waals surface area contributed by atoms with E-state index in [9.17, 15) is 9.18 Å². The number of ether oxygens (including phenoxy) is 2. The van der Waals surface area contributed by atoms with Gasteiger partial charge in [-0.05, 0) is 66.2 Å². The fourth-order valence-corrected chi connectivity index (χ4v) is 4.85. The summed E-state index contributed by atoms with van der Waals surface area (Å²) in [6, 6.07) is 15.9. The molecular formula is C26H26BrFN4O3. The average molecular weight is 541 g/mol. The number of halogens is 2. The number of rotatable bonds is 7. The third-order valence-electron chi connectivity index (χ3n) is 6.03. The highest BCUT2D eigenvalue weighted by Crippen LogP contribution is 2.40. The molecule has 1 aliphatic rings. The highest BCUT2D eigenvalue weighted by molar-refractivity contribution is 9.10. The Bertz CT molecular complexity index is 1220. The molecule has 9 heteroatoms. The number of benzene rings is 2. The molecule has 1 saturated carbocycles. The monoisotopic (exact) mass is 540 g/mol. The van der Waals surface area contributed by atoms with Gasteiger partial charge in [-0.15, -0.1) is 0 Å². The Morgan fingerprint density at radius 1 is 1.23 bits per heavy atom. The number of carbonyl (C=O) groups excluding carboxylic acids is 1. The summed E-state index contributed by atoms with van der Waals surface area (Å²) < 4.78 is 27.9. The molecule has 35 heavy (non-hydrogen) atoms. The topological polar surface area (TPSA) is 89.2 Å². The molecule has 1 aromatic heterocycles. The molecule has 4 rings (SSSR count). The van der Waals surface area contributed by atoms with E-state index in [2.05, 4.69) is 21.2 Å². The van der Waals surface area contributed by atoms with Crippen LogP contribution in [0.5, 0.6) is 5.88 Å². The van der Waals surface area contributed by atoms with Crippen molar-refractivity contribution in [2.75, 3.05) is 6.61 Å². The number of nitrogens with one attached hydrogen (secondary N) is 1. The largest absolute Gasteiger partial charge is 0.477 e. The van der Waals surface area contributed by atoms with E-state index >= 15 is 0 Å². The predicted molar refractivity (Wildman–Crippen MR) is 132 cm³/mol. The summed E-state index contributed by atoms with van der Waals surface area (Å²) in [4.78, 5) is 12.2. The van der Waals surface area contributed by atoms with Gasteiger partial charge in [0.05, 0.1) is 18.2 Å². The number of carbonyl (C=O) groups is 1. The Labute approximate surface area is 212 Å². The molecule has 7 nitrogen and oxygen atoms in total. The van der Waals surface area contributed by atoms with Crippen molar-refractivity contribution >= 4 is 22.0 Å². The average Bonchev–Trinajstić information content (AvgIpc) is 3.20. The zero-order valence-electron chi connectivity index (χ0n) is 19.3. The summed E-state index contributed by atoms with van der Waals surface area (Å²) in [6.07, 6.45) is 2.71. The number of amides is 1. The van der Waals surface area contributed by atoms with Gasteiger partial charge in [0.15, 0.2) is 0 Å². The number of alkyl carbamates (subject to hydrolysis) is 1. The molecule has 0 spiro atoms. The van der Waals surface area contributed by atoms with Gasteiger partial charge in [0.2, 0.25) is 5.88 Å². The van der Waals surface area contributed by atoms with Gasteiger partial charge in [-0.25, -0.2) is 13.9 Å². The molecule has 0 aliphatic heterocycles. The molecule has 1 heterocycles. The van der Waals surface area contributed by atoms with E-state index in [0.29, 0.717) is 28.2 Å².